The molecule has 43 valence electrons. The van der Waals surface area contributed by atoms with Crippen LogP contribution < -0.4 is 47.9 Å². The quantitative estimate of drug-likeness (QED) is 0.363. The molecule has 0 rings (SSSR count). The molecular weight excluding hydrogens is 198 g/mol. The molecule has 0 heterocycles. The third kappa shape index (κ3) is 201. The summed E-state index contributed by atoms with van der Waals surface area (Å²) in [7, 11) is 0. The van der Waals surface area contributed by atoms with Crippen LogP contribution in [0.25, 0.3) is 0 Å². The average Bonchev–Trinajstić information content (AvgIpc) is 0.811. The van der Waals surface area contributed by atoms with Gasteiger partial charge < -0.3 is 20.5 Å². The van der Waals surface area contributed by atoms with Crippen LogP contribution in [0, 0.1) is 0 Å². The Balaban J connectivity index is -0.00000000750. The first-order valence-electron chi connectivity index (χ1n) is 0.612. The van der Waals surface area contributed by atoms with E-state index in [0.29, 0.717) is 0 Å². The third-order valence-corrected chi connectivity index (χ3v) is 0. The van der Waals surface area contributed by atoms with Gasteiger partial charge in [0, 0.05) is 22.4 Å². The topological polar surface area (TPSA) is 94.7 Å². The molecule has 0 bridgehead atoms. The molecule has 0 aliphatic carbocycles. The molecule has 1 radical (unpaired) electrons. The van der Waals surface area contributed by atoms with Crippen LogP contribution in [0.4, 0.5) is 4.79 Å². The van der Waals surface area contributed by atoms with Crippen molar-refractivity contribution < 1.29 is 80.6 Å². The number of hydrogen-bond donors (Lipinski definition) is 0. The Hall–Kier alpha value is 1.17. The minimum atomic E-state index is -2.33. The van der Waals surface area contributed by atoms with Crippen LogP contribution in [0.15, 0.2) is 0 Å². The Morgan fingerprint density at radius 2 is 1.12 bits per heavy atom. The molecule has 0 amide bonds. The molecule has 0 spiro atoms. The normalized spacial score (nSPS) is 3.00. The van der Waals surface area contributed by atoms with E-state index in [9.17, 15) is 0 Å². The molecule has 4 nitrogen and oxygen atoms in total. The summed E-state index contributed by atoms with van der Waals surface area (Å²) in [4.78, 5) is 8.33. The van der Waals surface area contributed by atoms with Gasteiger partial charge in [-0.3, -0.25) is 0 Å². The molecule has 7 heteroatoms. The predicted molar refractivity (Wildman–Crippen MR) is 9.01 cm³/mol. The van der Waals surface area contributed by atoms with Crippen LogP contribution in [0.3, 0.4) is 0 Å². The standard InChI is InChI=1S/CH2O3.Ag.2Li.H2O/c2-1(3)4;;;;/h(H2,2,3,4);;;;1H2/q;;2*+1;/p-2. The average molecular weight is 200 g/mol. The Morgan fingerprint density at radius 3 is 1.12 bits per heavy atom. The number of carboxylic acid groups (broad SMARTS) is 2. The van der Waals surface area contributed by atoms with Crippen LogP contribution >= 0.6 is 0 Å². The summed E-state index contributed by atoms with van der Waals surface area (Å²) in [5.74, 6) is 0. The second-order valence-electron chi connectivity index (χ2n) is 0.250. The molecule has 0 saturated heterocycles. The van der Waals surface area contributed by atoms with Gasteiger partial charge in [-0.1, -0.05) is 0 Å². The summed E-state index contributed by atoms with van der Waals surface area (Å²) in [6.45, 7) is 0. The second kappa shape index (κ2) is 24.2. The number of hydrogen-bond acceptors (Lipinski definition) is 3. The SMILES string of the molecule is O.O=C([O-])[O-].[Ag].[Li+].[Li+]. The van der Waals surface area contributed by atoms with Crippen LogP contribution in [-0.4, -0.2) is 11.6 Å². The van der Waals surface area contributed by atoms with Crippen molar-refractivity contribution in [2.45, 2.75) is 0 Å². The number of rotatable bonds is 0. The fourth-order valence-corrected chi connectivity index (χ4v) is 0. The zero-order valence-corrected chi connectivity index (χ0v) is 6.01. The third-order valence-electron chi connectivity index (χ3n) is 0. The van der Waals surface area contributed by atoms with E-state index >= 15 is 0 Å². The van der Waals surface area contributed by atoms with E-state index in [1.807, 2.05) is 0 Å². The summed E-state index contributed by atoms with van der Waals surface area (Å²) >= 11 is 0. The Bertz CT molecular complexity index is 37.0. The largest absolute Gasteiger partial charge is 1.00 e. The van der Waals surface area contributed by atoms with Crippen molar-refractivity contribution in [1.82, 2.24) is 0 Å². The van der Waals surface area contributed by atoms with Crippen LogP contribution in [0.5, 0.6) is 0 Å². The summed E-state index contributed by atoms with van der Waals surface area (Å²) in [5.41, 5.74) is 0. The van der Waals surface area contributed by atoms with Crippen LogP contribution in [0.1, 0.15) is 0 Å². The van der Waals surface area contributed by atoms with E-state index in [1.165, 1.54) is 0 Å². The fraction of sp³-hybridized carbons (Fsp3) is 0. The minimum absolute atomic E-state index is 0. The summed E-state index contributed by atoms with van der Waals surface area (Å²) in [6, 6.07) is 0. The van der Waals surface area contributed by atoms with Crippen molar-refractivity contribution in [3.63, 3.8) is 0 Å². The molecule has 0 fully saturated rings. The van der Waals surface area contributed by atoms with E-state index < -0.39 is 6.16 Å². The maximum absolute atomic E-state index is 8.33. The van der Waals surface area contributed by atoms with Gasteiger partial charge >= 0.3 is 37.7 Å². The molecule has 0 aliphatic rings. The molecular formula is CH2AgLi2O4. The van der Waals surface area contributed by atoms with E-state index in [2.05, 4.69) is 0 Å². The van der Waals surface area contributed by atoms with Crippen LogP contribution in [0.2, 0.25) is 0 Å². The van der Waals surface area contributed by atoms with E-state index in [0.717, 1.165) is 0 Å². The predicted octanol–water partition coefficient (Wildman–Crippen LogP) is -9.27. The Labute approximate surface area is 86.2 Å². The first-order valence-corrected chi connectivity index (χ1v) is 0.612. The molecule has 0 aromatic carbocycles. The summed E-state index contributed by atoms with van der Waals surface area (Å²) in [6.07, 6.45) is -2.33. The van der Waals surface area contributed by atoms with E-state index in [4.69, 9.17) is 15.0 Å². The van der Waals surface area contributed by atoms with Gasteiger partial charge in [0.1, 0.15) is 0 Å². The van der Waals surface area contributed by atoms with E-state index in [1.54, 1.807) is 0 Å². The van der Waals surface area contributed by atoms with Crippen molar-refractivity contribution in [2.75, 3.05) is 0 Å². The van der Waals surface area contributed by atoms with Gasteiger partial charge in [0.15, 0.2) is 0 Å². The van der Waals surface area contributed by atoms with Gasteiger partial charge in [0.25, 0.3) is 0 Å². The van der Waals surface area contributed by atoms with Crippen molar-refractivity contribution in [3.05, 3.63) is 0 Å². The fourth-order valence-electron chi connectivity index (χ4n) is 0. The van der Waals surface area contributed by atoms with Gasteiger partial charge in [-0.2, -0.15) is 0 Å². The van der Waals surface area contributed by atoms with Gasteiger partial charge in [0.05, 0.1) is 0 Å². The van der Waals surface area contributed by atoms with Gasteiger partial charge in [-0.05, 0) is 6.16 Å². The van der Waals surface area contributed by atoms with E-state index in [-0.39, 0.29) is 65.6 Å². The van der Waals surface area contributed by atoms with Gasteiger partial charge in [-0.15, -0.1) is 0 Å². The zero-order valence-electron chi connectivity index (χ0n) is 4.53. The maximum Gasteiger partial charge on any atom is 1.00 e. The molecule has 0 unspecified atom stereocenters. The van der Waals surface area contributed by atoms with Crippen molar-refractivity contribution in [3.8, 4) is 0 Å². The van der Waals surface area contributed by atoms with Crippen molar-refractivity contribution >= 4 is 6.16 Å². The molecule has 0 saturated carbocycles. The summed E-state index contributed by atoms with van der Waals surface area (Å²) in [5, 5.41) is 16.7. The van der Waals surface area contributed by atoms with Crippen molar-refractivity contribution in [2.24, 2.45) is 0 Å². The zero-order chi connectivity index (χ0) is 3.58. The molecule has 0 atom stereocenters. The smallest absolute Gasteiger partial charge is 0.652 e. The summed E-state index contributed by atoms with van der Waals surface area (Å²) < 4.78 is 0. The minimum Gasteiger partial charge on any atom is -0.652 e. The second-order valence-corrected chi connectivity index (χ2v) is 0.250. The Morgan fingerprint density at radius 1 is 1.12 bits per heavy atom. The number of carbonyl (C=O) groups is 1. The van der Waals surface area contributed by atoms with Crippen LogP contribution in [-0.2, 0) is 22.4 Å². The molecule has 0 aromatic rings. The Kier molecular flexibility index (Phi) is 106. The first kappa shape index (κ1) is 35.2. The molecule has 0 aromatic heterocycles. The monoisotopic (exact) mass is 199 g/mol. The van der Waals surface area contributed by atoms with Gasteiger partial charge in [-0.25, -0.2) is 0 Å². The first-order chi connectivity index (χ1) is 1.73. The number of carbonyl (C=O) groups excluding carboxylic acids is 1. The maximum atomic E-state index is 8.33. The molecule has 8 heavy (non-hydrogen) atoms. The van der Waals surface area contributed by atoms with Crippen molar-refractivity contribution in [1.29, 1.82) is 0 Å². The molecule has 2 N–H and O–H groups in total. The molecule has 0 aliphatic heterocycles. The van der Waals surface area contributed by atoms with Gasteiger partial charge in [0.2, 0.25) is 0 Å².